The third-order valence-corrected chi connectivity index (χ3v) is 7.90. The Labute approximate surface area is 205 Å². The second-order valence-corrected chi connectivity index (χ2v) is 10.6. The number of carbonyl (C=O) groups is 2. The van der Waals surface area contributed by atoms with Gasteiger partial charge in [0.15, 0.2) is 5.78 Å². The Kier molecular flexibility index (Phi) is 9.30. The fraction of sp³-hybridized carbons (Fsp3) is 0.600. The number of carbonyl (C=O) groups excluding carboxylic acids is 2. The summed E-state index contributed by atoms with van der Waals surface area (Å²) < 4.78 is 11.0. The van der Waals surface area contributed by atoms with E-state index in [0.717, 1.165) is 51.6 Å². The van der Waals surface area contributed by atoms with E-state index in [2.05, 4.69) is 69.3 Å². The molecule has 2 fully saturated rings. The molecule has 186 valence electrons. The van der Waals surface area contributed by atoms with Crippen molar-refractivity contribution in [3.05, 3.63) is 60.2 Å². The molecule has 0 spiro atoms. The van der Waals surface area contributed by atoms with Crippen LogP contribution < -0.4 is 0 Å². The fourth-order valence-corrected chi connectivity index (χ4v) is 5.68. The van der Waals surface area contributed by atoms with Gasteiger partial charge in [0.1, 0.15) is 0 Å². The van der Waals surface area contributed by atoms with Crippen molar-refractivity contribution in [1.29, 1.82) is 0 Å². The summed E-state index contributed by atoms with van der Waals surface area (Å²) in [4.78, 5) is 24.4. The lowest BCUT2D eigenvalue weighted by atomic mass is 9.69. The summed E-state index contributed by atoms with van der Waals surface area (Å²) >= 11 is 0. The average molecular weight is 467 g/mol. The number of ketones is 1. The van der Waals surface area contributed by atoms with Crippen molar-refractivity contribution in [2.75, 3.05) is 13.7 Å². The third-order valence-electron chi connectivity index (χ3n) is 7.90. The van der Waals surface area contributed by atoms with Gasteiger partial charge in [0.05, 0.1) is 19.8 Å². The van der Waals surface area contributed by atoms with Crippen molar-refractivity contribution in [3.63, 3.8) is 0 Å². The van der Waals surface area contributed by atoms with Crippen LogP contribution >= 0.6 is 0 Å². The van der Waals surface area contributed by atoms with E-state index in [-0.39, 0.29) is 34.6 Å². The van der Waals surface area contributed by atoms with Gasteiger partial charge < -0.3 is 9.47 Å². The first-order chi connectivity index (χ1) is 16.3. The van der Waals surface area contributed by atoms with Crippen molar-refractivity contribution < 1.29 is 19.1 Å². The van der Waals surface area contributed by atoms with Crippen LogP contribution in [-0.4, -0.2) is 31.6 Å². The molecule has 4 heteroatoms. The quantitative estimate of drug-likeness (QED) is 0.142. The van der Waals surface area contributed by atoms with Crippen LogP contribution in [0.3, 0.4) is 0 Å². The number of methoxy groups -OCH3 is 1. The molecule has 0 amide bonds. The predicted octanol–water partition coefficient (Wildman–Crippen LogP) is 6.59. The molecule has 0 radical (unpaired) electrons. The Hall–Kier alpha value is -2.20. The van der Waals surface area contributed by atoms with Crippen LogP contribution in [0.4, 0.5) is 0 Å². The zero-order valence-corrected chi connectivity index (χ0v) is 21.4. The Morgan fingerprint density at radius 1 is 1.18 bits per heavy atom. The topological polar surface area (TPSA) is 52.6 Å². The largest absolute Gasteiger partial charge is 0.469 e. The number of hydrogen-bond acceptors (Lipinski definition) is 4. The highest BCUT2D eigenvalue weighted by atomic mass is 16.5. The summed E-state index contributed by atoms with van der Waals surface area (Å²) in [5.41, 5.74) is 1.00. The average Bonchev–Trinajstić information content (AvgIpc) is 3.42. The lowest BCUT2D eigenvalue weighted by molar-refractivity contribution is -0.140. The van der Waals surface area contributed by atoms with Crippen LogP contribution in [0.1, 0.15) is 77.7 Å². The molecule has 3 rings (SSSR count). The standard InChI is InChI=1S/C30H42O4/c1-5-6-20-29(2,3)27(31)19-18-24-25(16-12-7-8-13-17-28(32)33-4)30(21-26(24)34-22-30)23-14-10-9-11-15-23/h7,9-12,14-15,18-19,24-26H,5-6,8,13,16-17,20-22H2,1-4H3/b12-7-,19-18+/t24-,25-,26-,30-/m1/s1. The Balaban J connectivity index is 1.75. The molecule has 0 aromatic heterocycles. The van der Waals surface area contributed by atoms with Gasteiger partial charge in [-0.1, -0.05) is 82.2 Å². The van der Waals surface area contributed by atoms with E-state index in [1.54, 1.807) is 0 Å². The van der Waals surface area contributed by atoms with Gasteiger partial charge in [-0.25, -0.2) is 0 Å². The molecule has 1 aromatic carbocycles. The van der Waals surface area contributed by atoms with Gasteiger partial charge in [0.2, 0.25) is 0 Å². The number of allylic oxidation sites excluding steroid dienone is 3. The first-order valence-corrected chi connectivity index (χ1v) is 13.0. The smallest absolute Gasteiger partial charge is 0.305 e. The molecular formula is C30H42O4. The molecule has 1 saturated carbocycles. The van der Waals surface area contributed by atoms with Crippen molar-refractivity contribution in [2.45, 2.75) is 83.7 Å². The van der Waals surface area contributed by atoms with Crippen LogP contribution in [0.15, 0.2) is 54.6 Å². The van der Waals surface area contributed by atoms with E-state index in [1.807, 2.05) is 6.08 Å². The highest BCUT2D eigenvalue weighted by Gasteiger charge is 2.58. The number of esters is 1. The molecule has 1 saturated heterocycles. The van der Waals surface area contributed by atoms with Crippen LogP contribution in [0, 0.1) is 17.3 Å². The number of ether oxygens (including phenoxy) is 2. The van der Waals surface area contributed by atoms with Gasteiger partial charge in [-0.3, -0.25) is 9.59 Å². The maximum absolute atomic E-state index is 13.0. The molecule has 0 N–H and O–H groups in total. The minimum absolute atomic E-state index is 0.0158. The van der Waals surface area contributed by atoms with E-state index in [1.165, 1.54) is 12.7 Å². The molecule has 2 aliphatic rings. The van der Waals surface area contributed by atoms with Gasteiger partial charge in [-0.15, -0.1) is 0 Å². The first kappa shape index (κ1) is 26.4. The summed E-state index contributed by atoms with van der Waals surface area (Å²) in [5, 5.41) is 0. The number of fused-ring (bicyclic) bond motifs is 2. The first-order valence-electron chi connectivity index (χ1n) is 13.0. The summed E-state index contributed by atoms with van der Waals surface area (Å²) in [5.74, 6) is 0.668. The van der Waals surface area contributed by atoms with Crippen LogP contribution in [0.25, 0.3) is 0 Å². The van der Waals surface area contributed by atoms with Crippen molar-refractivity contribution in [2.24, 2.45) is 17.3 Å². The van der Waals surface area contributed by atoms with E-state index >= 15 is 0 Å². The Morgan fingerprint density at radius 2 is 1.94 bits per heavy atom. The Bertz CT molecular complexity index is 869. The number of unbranched alkanes of at least 4 members (excludes halogenated alkanes) is 2. The van der Waals surface area contributed by atoms with Crippen LogP contribution in [0.5, 0.6) is 0 Å². The SMILES string of the molecule is CCCCC(C)(C)C(=O)/C=C/[C@@H]1[C@@H](C/C=C\CCCC(=O)OC)[C@@]2(c3ccccc3)CO[C@@H]1C2. The van der Waals surface area contributed by atoms with Gasteiger partial charge in [0, 0.05) is 23.2 Å². The summed E-state index contributed by atoms with van der Waals surface area (Å²) in [6, 6.07) is 10.7. The van der Waals surface area contributed by atoms with E-state index in [0.29, 0.717) is 12.3 Å². The van der Waals surface area contributed by atoms with Crippen molar-refractivity contribution in [3.8, 4) is 0 Å². The van der Waals surface area contributed by atoms with Crippen LogP contribution in [-0.2, 0) is 24.5 Å². The van der Waals surface area contributed by atoms with Gasteiger partial charge in [0.25, 0.3) is 0 Å². The maximum atomic E-state index is 13.0. The van der Waals surface area contributed by atoms with Crippen molar-refractivity contribution >= 4 is 11.8 Å². The lowest BCUT2D eigenvalue weighted by Crippen LogP contribution is -2.39. The predicted molar refractivity (Wildman–Crippen MR) is 137 cm³/mol. The second kappa shape index (κ2) is 12.0. The van der Waals surface area contributed by atoms with E-state index in [9.17, 15) is 9.59 Å². The highest BCUT2D eigenvalue weighted by Crippen LogP contribution is 2.57. The second-order valence-electron chi connectivity index (χ2n) is 10.6. The molecule has 1 heterocycles. The molecule has 1 aliphatic carbocycles. The van der Waals surface area contributed by atoms with E-state index < -0.39 is 0 Å². The Morgan fingerprint density at radius 3 is 2.65 bits per heavy atom. The van der Waals surface area contributed by atoms with Crippen LogP contribution in [0.2, 0.25) is 0 Å². The fourth-order valence-electron chi connectivity index (χ4n) is 5.68. The number of benzene rings is 1. The molecule has 34 heavy (non-hydrogen) atoms. The molecule has 4 nitrogen and oxygen atoms in total. The lowest BCUT2D eigenvalue weighted by Gasteiger charge is -2.38. The molecule has 4 atom stereocenters. The minimum Gasteiger partial charge on any atom is -0.469 e. The highest BCUT2D eigenvalue weighted by molar-refractivity contribution is 5.94. The zero-order valence-electron chi connectivity index (χ0n) is 21.4. The zero-order chi connectivity index (χ0) is 24.6. The number of hydrogen-bond donors (Lipinski definition) is 0. The van der Waals surface area contributed by atoms with E-state index in [4.69, 9.17) is 9.47 Å². The monoisotopic (exact) mass is 466 g/mol. The molecular weight excluding hydrogens is 424 g/mol. The third kappa shape index (κ3) is 6.07. The van der Waals surface area contributed by atoms with Crippen molar-refractivity contribution in [1.82, 2.24) is 0 Å². The number of rotatable bonds is 13. The molecule has 1 aromatic rings. The molecule has 1 aliphatic heterocycles. The molecule has 2 bridgehead atoms. The normalized spacial score (nSPS) is 26.5. The summed E-state index contributed by atoms with van der Waals surface area (Å²) in [6.45, 7) is 7.03. The summed E-state index contributed by atoms with van der Waals surface area (Å²) in [6.07, 6.45) is 15.8. The molecule has 0 unspecified atom stereocenters. The van der Waals surface area contributed by atoms with Gasteiger partial charge in [-0.2, -0.15) is 0 Å². The minimum atomic E-state index is -0.322. The maximum Gasteiger partial charge on any atom is 0.305 e. The van der Waals surface area contributed by atoms with Gasteiger partial charge in [-0.05, 0) is 49.7 Å². The summed E-state index contributed by atoms with van der Waals surface area (Å²) in [7, 11) is 1.43. The van der Waals surface area contributed by atoms with Gasteiger partial charge >= 0.3 is 5.97 Å².